The minimum Gasteiger partial charge on any atom is -0.396 e. The first-order chi connectivity index (χ1) is 5.79. The quantitative estimate of drug-likeness (QED) is 0.546. The first-order valence-electron chi connectivity index (χ1n) is 3.66. The molecule has 0 radical (unpaired) electrons. The summed E-state index contributed by atoms with van der Waals surface area (Å²) in [6.45, 7) is 0.0792. The fourth-order valence-electron chi connectivity index (χ4n) is 1.03. The summed E-state index contributed by atoms with van der Waals surface area (Å²) >= 11 is 4.18. The Morgan fingerprint density at radius 1 is 1.50 bits per heavy atom. The van der Waals surface area contributed by atoms with Crippen LogP contribution in [0.15, 0.2) is 23.1 Å². The molecule has 0 amide bonds. The number of hydrogen-bond donors (Lipinski definition) is 2. The number of aldehydes is 1. The summed E-state index contributed by atoms with van der Waals surface area (Å²) in [6, 6.07) is 5.34. The van der Waals surface area contributed by atoms with Crippen LogP contribution in [0.3, 0.4) is 0 Å². The Kier molecular flexibility index (Phi) is 3.31. The molecule has 0 aliphatic rings. The lowest BCUT2D eigenvalue weighted by molar-refractivity contribution is 0.112. The van der Waals surface area contributed by atoms with E-state index in [9.17, 15) is 4.79 Å². The van der Waals surface area contributed by atoms with Crippen LogP contribution < -0.4 is 0 Å². The Bertz CT molecular complexity index is 284. The predicted octanol–water partition coefficient (Wildman–Crippen LogP) is 1.32. The van der Waals surface area contributed by atoms with E-state index in [1.807, 2.05) is 6.07 Å². The third-order valence-corrected chi connectivity index (χ3v) is 2.20. The fraction of sp³-hybridized carbons (Fsp3) is 0.222. The summed E-state index contributed by atoms with van der Waals surface area (Å²) in [5, 5.41) is 8.69. The Morgan fingerprint density at radius 2 is 2.25 bits per heavy atom. The van der Waals surface area contributed by atoms with Crippen LogP contribution in [-0.2, 0) is 6.42 Å². The highest BCUT2D eigenvalue weighted by molar-refractivity contribution is 7.80. The van der Waals surface area contributed by atoms with Crippen molar-refractivity contribution in [3.63, 3.8) is 0 Å². The molecule has 3 heteroatoms. The maximum absolute atomic E-state index is 10.5. The first kappa shape index (κ1) is 9.29. The molecule has 0 saturated carbocycles. The number of aliphatic hydroxyl groups excluding tert-OH is 1. The molecular weight excluding hydrogens is 172 g/mol. The van der Waals surface area contributed by atoms with E-state index in [1.54, 1.807) is 12.1 Å². The topological polar surface area (TPSA) is 37.3 Å². The van der Waals surface area contributed by atoms with Gasteiger partial charge in [0.1, 0.15) is 0 Å². The molecule has 1 rings (SSSR count). The molecule has 12 heavy (non-hydrogen) atoms. The molecule has 1 aromatic rings. The first-order valence-corrected chi connectivity index (χ1v) is 4.11. The van der Waals surface area contributed by atoms with Gasteiger partial charge in [0.15, 0.2) is 6.29 Å². The summed E-state index contributed by atoms with van der Waals surface area (Å²) in [5.74, 6) is 0. The molecule has 1 aromatic carbocycles. The maximum atomic E-state index is 10.5. The van der Waals surface area contributed by atoms with E-state index in [-0.39, 0.29) is 6.61 Å². The van der Waals surface area contributed by atoms with Crippen molar-refractivity contribution in [1.29, 1.82) is 0 Å². The third-order valence-electron chi connectivity index (χ3n) is 1.66. The Balaban J connectivity index is 3.04. The van der Waals surface area contributed by atoms with Gasteiger partial charge < -0.3 is 5.11 Å². The molecule has 0 saturated heterocycles. The zero-order valence-electron chi connectivity index (χ0n) is 6.53. The van der Waals surface area contributed by atoms with E-state index in [2.05, 4.69) is 12.6 Å². The molecular formula is C9H10O2S. The van der Waals surface area contributed by atoms with Crippen molar-refractivity contribution in [2.24, 2.45) is 0 Å². The maximum Gasteiger partial charge on any atom is 0.151 e. The second kappa shape index (κ2) is 4.28. The van der Waals surface area contributed by atoms with Crippen molar-refractivity contribution in [1.82, 2.24) is 0 Å². The number of carbonyl (C=O) groups is 1. The number of hydrogen-bond acceptors (Lipinski definition) is 3. The molecule has 0 spiro atoms. The largest absolute Gasteiger partial charge is 0.396 e. The molecule has 0 aromatic heterocycles. The van der Waals surface area contributed by atoms with E-state index in [1.165, 1.54) is 0 Å². The minimum absolute atomic E-state index is 0.0792. The van der Waals surface area contributed by atoms with Gasteiger partial charge in [-0.15, -0.1) is 12.6 Å². The van der Waals surface area contributed by atoms with Crippen molar-refractivity contribution >= 4 is 18.9 Å². The lowest BCUT2D eigenvalue weighted by Gasteiger charge is -2.03. The van der Waals surface area contributed by atoms with Gasteiger partial charge >= 0.3 is 0 Å². The minimum atomic E-state index is 0.0792. The SMILES string of the molecule is O=Cc1cccc(CCO)c1S. The summed E-state index contributed by atoms with van der Waals surface area (Å²) in [5.41, 5.74) is 1.48. The van der Waals surface area contributed by atoms with Crippen LogP contribution in [0.4, 0.5) is 0 Å². The van der Waals surface area contributed by atoms with Crippen LogP contribution in [0.25, 0.3) is 0 Å². The van der Waals surface area contributed by atoms with Crippen molar-refractivity contribution in [3.8, 4) is 0 Å². The van der Waals surface area contributed by atoms with Gasteiger partial charge in [-0.05, 0) is 12.0 Å². The van der Waals surface area contributed by atoms with Crippen LogP contribution in [0.2, 0.25) is 0 Å². The van der Waals surface area contributed by atoms with Crippen molar-refractivity contribution in [2.75, 3.05) is 6.61 Å². The second-order valence-electron chi connectivity index (χ2n) is 2.45. The van der Waals surface area contributed by atoms with Gasteiger partial charge in [-0.1, -0.05) is 18.2 Å². The molecule has 2 nitrogen and oxygen atoms in total. The van der Waals surface area contributed by atoms with Crippen molar-refractivity contribution < 1.29 is 9.90 Å². The predicted molar refractivity (Wildman–Crippen MR) is 49.9 cm³/mol. The number of thiol groups is 1. The Morgan fingerprint density at radius 3 is 2.83 bits per heavy atom. The lowest BCUT2D eigenvalue weighted by Crippen LogP contribution is -1.94. The molecule has 0 bridgehead atoms. The molecule has 0 aliphatic heterocycles. The highest BCUT2D eigenvalue weighted by Gasteiger charge is 2.02. The van der Waals surface area contributed by atoms with Gasteiger partial charge in [0.2, 0.25) is 0 Å². The van der Waals surface area contributed by atoms with Crippen LogP contribution in [0, 0.1) is 0 Å². The average molecular weight is 182 g/mol. The standard InChI is InChI=1S/C9H10O2S/c10-5-4-7-2-1-3-8(6-11)9(7)12/h1-3,6,10,12H,4-5H2. The summed E-state index contributed by atoms with van der Waals surface area (Å²) in [4.78, 5) is 11.1. The van der Waals surface area contributed by atoms with E-state index < -0.39 is 0 Å². The number of rotatable bonds is 3. The molecule has 0 atom stereocenters. The molecule has 0 unspecified atom stereocenters. The van der Waals surface area contributed by atoms with Gasteiger partial charge in [-0.2, -0.15) is 0 Å². The van der Waals surface area contributed by atoms with Crippen LogP contribution >= 0.6 is 12.6 Å². The van der Waals surface area contributed by atoms with Crippen LogP contribution in [0.5, 0.6) is 0 Å². The molecule has 0 heterocycles. The second-order valence-corrected chi connectivity index (χ2v) is 2.89. The van der Waals surface area contributed by atoms with Crippen LogP contribution in [-0.4, -0.2) is 18.0 Å². The number of benzene rings is 1. The average Bonchev–Trinajstić information content (AvgIpc) is 2.09. The smallest absolute Gasteiger partial charge is 0.151 e. The normalized spacial score (nSPS) is 9.83. The van der Waals surface area contributed by atoms with Crippen LogP contribution in [0.1, 0.15) is 15.9 Å². The van der Waals surface area contributed by atoms with Gasteiger partial charge in [0, 0.05) is 17.1 Å². The van der Waals surface area contributed by atoms with Gasteiger partial charge in [0.05, 0.1) is 0 Å². The molecule has 64 valence electrons. The van der Waals surface area contributed by atoms with E-state index >= 15 is 0 Å². The molecule has 0 aliphatic carbocycles. The van der Waals surface area contributed by atoms with Gasteiger partial charge in [-0.25, -0.2) is 0 Å². The summed E-state index contributed by atoms with van der Waals surface area (Å²) in [6.07, 6.45) is 1.31. The lowest BCUT2D eigenvalue weighted by atomic mass is 10.1. The number of aliphatic hydroxyl groups is 1. The highest BCUT2D eigenvalue weighted by Crippen LogP contribution is 2.17. The van der Waals surface area contributed by atoms with Crippen molar-refractivity contribution in [2.45, 2.75) is 11.3 Å². The van der Waals surface area contributed by atoms with E-state index in [4.69, 9.17) is 5.11 Å². The summed E-state index contributed by atoms with van der Waals surface area (Å²) < 4.78 is 0. The fourth-order valence-corrected chi connectivity index (χ4v) is 1.34. The van der Waals surface area contributed by atoms with E-state index in [0.717, 1.165) is 11.8 Å². The van der Waals surface area contributed by atoms with Gasteiger partial charge in [0.25, 0.3) is 0 Å². The Hall–Kier alpha value is -0.800. The third kappa shape index (κ3) is 1.87. The molecule has 0 fully saturated rings. The highest BCUT2D eigenvalue weighted by atomic mass is 32.1. The van der Waals surface area contributed by atoms with E-state index in [0.29, 0.717) is 16.9 Å². The summed E-state index contributed by atoms with van der Waals surface area (Å²) in [7, 11) is 0. The monoisotopic (exact) mass is 182 g/mol. The Labute approximate surface area is 76.6 Å². The molecule has 1 N–H and O–H groups in total. The zero-order valence-corrected chi connectivity index (χ0v) is 7.42. The zero-order chi connectivity index (χ0) is 8.97. The van der Waals surface area contributed by atoms with Crippen molar-refractivity contribution in [3.05, 3.63) is 29.3 Å². The number of carbonyl (C=O) groups excluding carboxylic acids is 1. The van der Waals surface area contributed by atoms with Gasteiger partial charge in [-0.3, -0.25) is 4.79 Å².